The third kappa shape index (κ3) is 6.20. The van der Waals surface area contributed by atoms with Gasteiger partial charge in [0.2, 0.25) is 0 Å². The largest absolute Gasteiger partial charge is 0.507 e. The van der Waals surface area contributed by atoms with Crippen LogP contribution in [0.3, 0.4) is 0 Å². The van der Waals surface area contributed by atoms with Crippen molar-refractivity contribution in [3.8, 4) is 23.0 Å². The van der Waals surface area contributed by atoms with E-state index >= 15 is 0 Å². The normalized spacial score (nSPS) is 11.0. The molecule has 6 heteroatoms. The third-order valence-corrected chi connectivity index (χ3v) is 3.25. The minimum atomic E-state index is -1.20. The van der Waals surface area contributed by atoms with E-state index in [2.05, 4.69) is 0 Å². The highest BCUT2D eigenvalue weighted by Crippen LogP contribution is 2.24. The molecule has 2 aromatic rings. The second kappa shape index (κ2) is 8.47. The van der Waals surface area contributed by atoms with Crippen LogP contribution in [0.15, 0.2) is 42.5 Å². The molecule has 0 aromatic heterocycles. The average molecular weight is 360 g/mol. The Labute approximate surface area is 152 Å². The number of rotatable bonds is 8. The van der Waals surface area contributed by atoms with Gasteiger partial charge in [-0.25, -0.2) is 4.79 Å². The van der Waals surface area contributed by atoms with E-state index in [9.17, 15) is 9.90 Å². The maximum absolute atomic E-state index is 11.0. The van der Waals surface area contributed by atoms with Gasteiger partial charge in [0.1, 0.15) is 34.2 Å². The molecule has 0 aliphatic rings. The standard InChI is InChI=1S/C20H24O6/c1-20(2,3)26-16-7-4-6-14(12-16)24-10-5-11-25-15-8-9-18(21)17(13-15)19(22)23/h4,6-9,12-13,21H,5,10-11H2,1-3H3,(H,22,23). The molecule has 0 bridgehead atoms. The van der Waals surface area contributed by atoms with Gasteiger partial charge >= 0.3 is 5.97 Å². The first-order valence-corrected chi connectivity index (χ1v) is 8.35. The molecule has 0 fully saturated rings. The summed E-state index contributed by atoms with van der Waals surface area (Å²) in [6.45, 7) is 6.76. The Balaban J connectivity index is 1.78. The Morgan fingerprint density at radius 1 is 0.962 bits per heavy atom. The van der Waals surface area contributed by atoms with E-state index in [1.807, 2.05) is 45.0 Å². The lowest BCUT2D eigenvalue weighted by atomic mass is 10.2. The summed E-state index contributed by atoms with van der Waals surface area (Å²) in [6, 6.07) is 11.6. The van der Waals surface area contributed by atoms with E-state index in [1.54, 1.807) is 0 Å². The van der Waals surface area contributed by atoms with Crippen molar-refractivity contribution in [2.75, 3.05) is 13.2 Å². The first-order chi connectivity index (χ1) is 12.2. The molecule has 26 heavy (non-hydrogen) atoms. The summed E-state index contributed by atoms with van der Waals surface area (Å²) in [7, 11) is 0. The fraction of sp³-hybridized carbons (Fsp3) is 0.350. The molecule has 0 unspecified atom stereocenters. The summed E-state index contributed by atoms with van der Waals surface area (Å²) in [5, 5.41) is 18.4. The highest BCUT2D eigenvalue weighted by atomic mass is 16.5. The van der Waals surface area contributed by atoms with Gasteiger partial charge in [0.15, 0.2) is 0 Å². The van der Waals surface area contributed by atoms with Gasteiger partial charge in [0.05, 0.1) is 13.2 Å². The number of hydrogen-bond acceptors (Lipinski definition) is 5. The predicted molar refractivity (Wildman–Crippen MR) is 97.5 cm³/mol. The predicted octanol–water partition coefficient (Wildman–Crippen LogP) is 4.12. The van der Waals surface area contributed by atoms with Crippen LogP contribution in [0, 0.1) is 0 Å². The number of ether oxygens (including phenoxy) is 3. The van der Waals surface area contributed by atoms with Crippen molar-refractivity contribution in [1.82, 2.24) is 0 Å². The van der Waals surface area contributed by atoms with E-state index in [-0.39, 0.29) is 16.9 Å². The molecule has 0 aliphatic heterocycles. The second-order valence-corrected chi connectivity index (χ2v) is 6.72. The Morgan fingerprint density at radius 3 is 2.19 bits per heavy atom. The Hall–Kier alpha value is -2.89. The summed E-state index contributed by atoms with van der Waals surface area (Å²) in [5.74, 6) is 0.362. The average Bonchev–Trinajstić information content (AvgIpc) is 2.54. The Kier molecular flexibility index (Phi) is 6.33. The minimum absolute atomic E-state index is 0.186. The Bertz CT molecular complexity index is 748. The van der Waals surface area contributed by atoms with E-state index in [1.165, 1.54) is 18.2 Å². The molecule has 2 aromatic carbocycles. The molecule has 2 N–H and O–H groups in total. The molecular weight excluding hydrogens is 336 g/mol. The van der Waals surface area contributed by atoms with Gasteiger partial charge < -0.3 is 24.4 Å². The molecule has 0 spiro atoms. The second-order valence-electron chi connectivity index (χ2n) is 6.72. The fourth-order valence-corrected chi connectivity index (χ4v) is 2.20. The number of benzene rings is 2. The lowest BCUT2D eigenvalue weighted by Crippen LogP contribution is -2.22. The lowest BCUT2D eigenvalue weighted by molar-refractivity contribution is 0.0693. The van der Waals surface area contributed by atoms with Gasteiger partial charge in [-0.2, -0.15) is 0 Å². The van der Waals surface area contributed by atoms with Crippen LogP contribution in [0.1, 0.15) is 37.6 Å². The lowest BCUT2D eigenvalue weighted by Gasteiger charge is -2.21. The van der Waals surface area contributed by atoms with Crippen molar-refractivity contribution in [2.45, 2.75) is 32.8 Å². The van der Waals surface area contributed by atoms with Gasteiger partial charge in [0, 0.05) is 12.5 Å². The van der Waals surface area contributed by atoms with Crippen molar-refractivity contribution in [3.63, 3.8) is 0 Å². The SMILES string of the molecule is CC(C)(C)Oc1cccc(OCCCOc2ccc(O)c(C(=O)O)c2)c1. The maximum Gasteiger partial charge on any atom is 0.339 e. The van der Waals surface area contributed by atoms with E-state index in [4.69, 9.17) is 19.3 Å². The monoisotopic (exact) mass is 360 g/mol. The summed E-state index contributed by atoms with van der Waals surface area (Å²) in [6.07, 6.45) is 0.619. The van der Waals surface area contributed by atoms with E-state index in [0.717, 1.165) is 5.75 Å². The number of carboxylic acid groups (broad SMARTS) is 1. The molecule has 0 amide bonds. The molecule has 0 saturated carbocycles. The zero-order valence-electron chi connectivity index (χ0n) is 15.2. The van der Waals surface area contributed by atoms with Crippen LogP contribution in [-0.2, 0) is 0 Å². The van der Waals surface area contributed by atoms with Crippen LogP contribution in [0.5, 0.6) is 23.0 Å². The minimum Gasteiger partial charge on any atom is -0.507 e. The summed E-state index contributed by atoms with van der Waals surface area (Å²) >= 11 is 0. The van der Waals surface area contributed by atoms with Crippen molar-refractivity contribution in [3.05, 3.63) is 48.0 Å². The maximum atomic E-state index is 11.0. The molecule has 0 radical (unpaired) electrons. The van der Waals surface area contributed by atoms with Gasteiger partial charge in [0.25, 0.3) is 0 Å². The molecule has 140 valence electrons. The quantitative estimate of drug-likeness (QED) is 0.689. The first-order valence-electron chi connectivity index (χ1n) is 8.35. The van der Waals surface area contributed by atoms with Gasteiger partial charge in [-0.3, -0.25) is 0 Å². The molecule has 6 nitrogen and oxygen atoms in total. The fourth-order valence-electron chi connectivity index (χ4n) is 2.20. The van der Waals surface area contributed by atoms with Gasteiger partial charge in [-0.15, -0.1) is 0 Å². The topological polar surface area (TPSA) is 85.2 Å². The number of carbonyl (C=O) groups is 1. The molecule has 0 saturated heterocycles. The summed E-state index contributed by atoms with van der Waals surface area (Å²) < 4.78 is 17.0. The molecule has 0 heterocycles. The number of aromatic carboxylic acids is 1. The highest BCUT2D eigenvalue weighted by molar-refractivity contribution is 5.91. The van der Waals surface area contributed by atoms with Crippen LogP contribution < -0.4 is 14.2 Å². The van der Waals surface area contributed by atoms with Crippen LogP contribution in [0.25, 0.3) is 0 Å². The van der Waals surface area contributed by atoms with E-state index < -0.39 is 5.97 Å². The molecule has 2 rings (SSSR count). The highest BCUT2D eigenvalue weighted by Gasteiger charge is 2.12. The van der Waals surface area contributed by atoms with Crippen molar-refractivity contribution in [2.24, 2.45) is 0 Å². The summed E-state index contributed by atoms with van der Waals surface area (Å²) in [5.41, 5.74) is -0.458. The number of hydrogen-bond donors (Lipinski definition) is 2. The van der Waals surface area contributed by atoms with Crippen LogP contribution in [0.2, 0.25) is 0 Å². The van der Waals surface area contributed by atoms with E-state index in [0.29, 0.717) is 31.1 Å². The molecule has 0 atom stereocenters. The van der Waals surface area contributed by atoms with Crippen molar-refractivity contribution < 1.29 is 29.2 Å². The van der Waals surface area contributed by atoms with Crippen LogP contribution >= 0.6 is 0 Å². The number of phenols is 1. The molecule has 0 aliphatic carbocycles. The van der Waals surface area contributed by atoms with Crippen molar-refractivity contribution >= 4 is 5.97 Å². The van der Waals surface area contributed by atoms with Crippen LogP contribution in [0.4, 0.5) is 0 Å². The number of aromatic hydroxyl groups is 1. The third-order valence-electron chi connectivity index (χ3n) is 3.25. The van der Waals surface area contributed by atoms with Crippen molar-refractivity contribution in [1.29, 1.82) is 0 Å². The molecular formula is C20H24O6. The summed E-state index contributed by atoms with van der Waals surface area (Å²) in [4.78, 5) is 11.0. The first kappa shape index (κ1) is 19.4. The smallest absolute Gasteiger partial charge is 0.339 e. The zero-order valence-corrected chi connectivity index (χ0v) is 15.2. The van der Waals surface area contributed by atoms with Gasteiger partial charge in [-0.1, -0.05) is 6.07 Å². The van der Waals surface area contributed by atoms with Crippen LogP contribution in [-0.4, -0.2) is 35.0 Å². The van der Waals surface area contributed by atoms with Gasteiger partial charge in [-0.05, 0) is 51.1 Å². The Morgan fingerprint density at radius 2 is 1.58 bits per heavy atom. The number of carboxylic acids is 1. The zero-order chi connectivity index (χ0) is 19.2.